The van der Waals surface area contributed by atoms with E-state index in [0.29, 0.717) is 36.7 Å². The predicted octanol–water partition coefficient (Wildman–Crippen LogP) is 2.63. The number of allylic oxidation sites excluding steroid dienone is 1. The molecule has 5 nitrogen and oxygen atoms in total. The van der Waals surface area contributed by atoms with Crippen molar-refractivity contribution in [2.45, 2.75) is 31.7 Å². The van der Waals surface area contributed by atoms with E-state index in [-0.39, 0.29) is 17.8 Å². The van der Waals surface area contributed by atoms with Gasteiger partial charge in [0.1, 0.15) is 11.0 Å². The molecule has 0 radical (unpaired) electrons. The monoisotopic (exact) mass is 289 g/mol. The highest BCUT2D eigenvalue weighted by molar-refractivity contribution is 5.81. The van der Waals surface area contributed by atoms with Crippen LogP contribution in [0.5, 0.6) is 0 Å². The molecule has 1 atom stereocenters. The number of likely N-dealkylation sites (N-methyl/N-ethyl adjacent to an activating group) is 1. The van der Waals surface area contributed by atoms with Crippen LogP contribution in [0.1, 0.15) is 24.8 Å². The lowest BCUT2D eigenvalue weighted by molar-refractivity contribution is -0.131. The average Bonchev–Trinajstić information content (AvgIpc) is 2.95. The smallest absolute Gasteiger partial charge is 0.226 e. The first kappa shape index (κ1) is 13.7. The van der Waals surface area contributed by atoms with Gasteiger partial charge in [-0.15, -0.1) is 0 Å². The highest BCUT2D eigenvalue weighted by atomic mass is 19.1. The first-order valence-corrected chi connectivity index (χ1v) is 6.95. The number of nitrogens with zero attached hydrogens (tertiary/aromatic N) is 3. The van der Waals surface area contributed by atoms with Gasteiger partial charge in [-0.3, -0.25) is 4.79 Å². The molecule has 0 fully saturated rings. The van der Waals surface area contributed by atoms with Crippen molar-refractivity contribution in [2.24, 2.45) is 0 Å². The maximum Gasteiger partial charge on any atom is 0.226 e. The SMILES string of the molecule is CN(C(=O)Cc1ccc2nonc2c1)C1CC=C(F)CC1. The summed E-state index contributed by atoms with van der Waals surface area (Å²) in [7, 11) is 1.78. The molecule has 1 aromatic carbocycles. The van der Waals surface area contributed by atoms with Crippen LogP contribution < -0.4 is 0 Å². The Morgan fingerprint density at radius 1 is 1.43 bits per heavy atom. The highest BCUT2D eigenvalue weighted by Crippen LogP contribution is 2.23. The van der Waals surface area contributed by atoms with Crippen molar-refractivity contribution in [3.05, 3.63) is 35.7 Å². The van der Waals surface area contributed by atoms with Gasteiger partial charge in [-0.1, -0.05) is 12.1 Å². The molecule has 1 unspecified atom stereocenters. The van der Waals surface area contributed by atoms with E-state index >= 15 is 0 Å². The van der Waals surface area contributed by atoms with Crippen molar-refractivity contribution < 1.29 is 13.8 Å². The third kappa shape index (κ3) is 2.94. The molecule has 1 heterocycles. The minimum atomic E-state index is -0.0731. The Labute approximate surface area is 121 Å². The number of hydrogen-bond acceptors (Lipinski definition) is 4. The Bertz CT molecular complexity index is 695. The Balaban J connectivity index is 1.67. The maximum atomic E-state index is 13.0. The first-order valence-electron chi connectivity index (χ1n) is 6.95. The molecule has 1 amide bonds. The fourth-order valence-electron chi connectivity index (χ4n) is 2.58. The largest absolute Gasteiger partial charge is 0.342 e. The average molecular weight is 289 g/mol. The van der Waals surface area contributed by atoms with Crippen LogP contribution in [0, 0.1) is 0 Å². The van der Waals surface area contributed by atoms with E-state index in [0.717, 1.165) is 5.56 Å². The number of aromatic nitrogens is 2. The van der Waals surface area contributed by atoms with Crippen LogP contribution in [0.3, 0.4) is 0 Å². The second kappa shape index (κ2) is 5.63. The van der Waals surface area contributed by atoms with Gasteiger partial charge in [-0.05, 0) is 40.9 Å². The molecule has 0 aliphatic heterocycles. The van der Waals surface area contributed by atoms with Gasteiger partial charge >= 0.3 is 0 Å². The normalized spacial score (nSPS) is 18.6. The molecule has 0 bridgehead atoms. The lowest BCUT2D eigenvalue weighted by Crippen LogP contribution is -2.38. The van der Waals surface area contributed by atoms with Crippen LogP contribution in [-0.2, 0) is 11.2 Å². The minimum absolute atomic E-state index is 0.0199. The molecular formula is C15H16FN3O2. The standard InChI is InChI=1S/C15H16FN3O2/c1-19(12-5-3-11(16)4-6-12)15(20)9-10-2-7-13-14(8-10)18-21-17-13/h2-3,7-8,12H,4-6,9H2,1H3. The Morgan fingerprint density at radius 2 is 2.24 bits per heavy atom. The summed E-state index contributed by atoms with van der Waals surface area (Å²) in [6.07, 6.45) is 3.54. The van der Waals surface area contributed by atoms with Crippen LogP contribution in [0.15, 0.2) is 34.7 Å². The zero-order chi connectivity index (χ0) is 14.8. The molecule has 3 rings (SSSR count). The molecule has 0 saturated heterocycles. The third-order valence-electron chi connectivity index (χ3n) is 3.94. The summed E-state index contributed by atoms with van der Waals surface area (Å²) < 4.78 is 17.7. The van der Waals surface area contributed by atoms with Crippen LogP contribution in [0.2, 0.25) is 0 Å². The Kier molecular flexibility index (Phi) is 3.68. The molecule has 6 heteroatoms. The zero-order valence-corrected chi connectivity index (χ0v) is 11.8. The summed E-state index contributed by atoms with van der Waals surface area (Å²) >= 11 is 0. The molecule has 0 saturated carbocycles. The van der Waals surface area contributed by atoms with Crippen LogP contribution in [0.4, 0.5) is 4.39 Å². The molecular weight excluding hydrogens is 273 g/mol. The van der Waals surface area contributed by atoms with E-state index in [1.54, 1.807) is 30.2 Å². The number of benzene rings is 1. The van der Waals surface area contributed by atoms with Crippen molar-refractivity contribution in [2.75, 3.05) is 7.05 Å². The highest BCUT2D eigenvalue weighted by Gasteiger charge is 2.22. The number of amides is 1. The molecule has 110 valence electrons. The minimum Gasteiger partial charge on any atom is -0.342 e. The number of fused-ring (bicyclic) bond motifs is 1. The van der Waals surface area contributed by atoms with Gasteiger partial charge in [0.25, 0.3) is 0 Å². The number of carbonyl (C=O) groups excluding carboxylic acids is 1. The first-order chi connectivity index (χ1) is 10.1. The lowest BCUT2D eigenvalue weighted by Gasteiger charge is -2.29. The third-order valence-corrected chi connectivity index (χ3v) is 3.94. The topological polar surface area (TPSA) is 59.2 Å². The van der Waals surface area contributed by atoms with E-state index in [4.69, 9.17) is 0 Å². The Hall–Kier alpha value is -2.24. The summed E-state index contributed by atoms with van der Waals surface area (Å²) in [6.45, 7) is 0. The van der Waals surface area contributed by atoms with E-state index in [9.17, 15) is 9.18 Å². The van der Waals surface area contributed by atoms with Crippen molar-refractivity contribution in [1.29, 1.82) is 0 Å². The molecule has 1 aliphatic rings. The molecule has 0 spiro atoms. The fraction of sp³-hybridized carbons (Fsp3) is 0.400. The van der Waals surface area contributed by atoms with Crippen molar-refractivity contribution >= 4 is 16.9 Å². The summed E-state index contributed by atoms with van der Waals surface area (Å²) in [5.74, 6) is -0.0532. The van der Waals surface area contributed by atoms with Crippen molar-refractivity contribution in [3.8, 4) is 0 Å². The van der Waals surface area contributed by atoms with Gasteiger partial charge in [0.05, 0.1) is 12.2 Å². The fourth-order valence-corrected chi connectivity index (χ4v) is 2.58. The lowest BCUT2D eigenvalue weighted by atomic mass is 9.99. The Morgan fingerprint density at radius 3 is 3.00 bits per heavy atom. The summed E-state index contributed by atoms with van der Waals surface area (Å²) in [6, 6.07) is 5.51. The molecule has 21 heavy (non-hydrogen) atoms. The number of rotatable bonds is 3. The van der Waals surface area contributed by atoms with Gasteiger partial charge in [-0.25, -0.2) is 9.02 Å². The van der Waals surface area contributed by atoms with Gasteiger partial charge in [0.15, 0.2) is 0 Å². The van der Waals surface area contributed by atoms with Crippen LogP contribution in [0.25, 0.3) is 11.0 Å². The van der Waals surface area contributed by atoms with Crippen molar-refractivity contribution in [3.63, 3.8) is 0 Å². The quantitative estimate of drug-likeness (QED) is 0.871. The summed E-state index contributed by atoms with van der Waals surface area (Å²) in [5, 5.41) is 7.50. The van der Waals surface area contributed by atoms with Gasteiger partial charge < -0.3 is 4.90 Å². The van der Waals surface area contributed by atoms with Crippen LogP contribution >= 0.6 is 0 Å². The van der Waals surface area contributed by atoms with E-state index in [2.05, 4.69) is 14.9 Å². The maximum absolute atomic E-state index is 13.0. The number of hydrogen-bond donors (Lipinski definition) is 0. The molecule has 2 aromatic rings. The molecule has 1 aliphatic carbocycles. The zero-order valence-electron chi connectivity index (χ0n) is 11.8. The molecule has 1 aromatic heterocycles. The molecule has 0 N–H and O–H groups in total. The van der Waals surface area contributed by atoms with Crippen molar-refractivity contribution in [1.82, 2.24) is 15.2 Å². The number of carbonyl (C=O) groups is 1. The summed E-state index contributed by atoms with van der Waals surface area (Å²) in [5.41, 5.74) is 2.19. The van der Waals surface area contributed by atoms with E-state index < -0.39 is 0 Å². The predicted molar refractivity (Wildman–Crippen MR) is 75.1 cm³/mol. The second-order valence-electron chi connectivity index (χ2n) is 5.35. The van der Waals surface area contributed by atoms with Gasteiger partial charge in [-0.2, -0.15) is 0 Å². The van der Waals surface area contributed by atoms with E-state index in [1.165, 1.54) is 0 Å². The number of halogens is 1. The van der Waals surface area contributed by atoms with Crippen LogP contribution in [-0.4, -0.2) is 34.2 Å². The van der Waals surface area contributed by atoms with Gasteiger partial charge in [0, 0.05) is 19.5 Å². The van der Waals surface area contributed by atoms with Gasteiger partial charge in [0.2, 0.25) is 5.91 Å². The summed E-state index contributed by atoms with van der Waals surface area (Å²) in [4.78, 5) is 14.0. The second-order valence-corrected chi connectivity index (χ2v) is 5.35. The van der Waals surface area contributed by atoms with E-state index in [1.807, 2.05) is 6.07 Å².